The third-order valence-corrected chi connectivity index (χ3v) is 8.39. The largest absolute Gasteiger partial charge is 0.481 e. The number of aliphatic carboxylic acids is 1. The zero-order valence-corrected chi connectivity index (χ0v) is 23.2. The number of carbonyl (C=O) groups is 2. The molecule has 0 spiro atoms. The molecule has 1 aliphatic heterocycles. The van der Waals surface area contributed by atoms with Gasteiger partial charge in [0.2, 0.25) is 11.8 Å². The Morgan fingerprint density at radius 3 is 2.73 bits per heavy atom. The molecule has 12 heteroatoms. The van der Waals surface area contributed by atoms with Gasteiger partial charge in [0.15, 0.2) is 11.2 Å². The van der Waals surface area contributed by atoms with Gasteiger partial charge in [-0.15, -0.1) is 0 Å². The molecular weight excluding hydrogens is 529 g/mol. The van der Waals surface area contributed by atoms with E-state index in [1.54, 1.807) is 26.8 Å². The molecule has 0 saturated heterocycles. The zero-order chi connectivity index (χ0) is 29.1. The van der Waals surface area contributed by atoms with Crippen molar-refractivity contribution in [1.29, 1.82) is 0 Å². The molecule has 1 aliphatic carbocycles. The lowest BCUT2D eigenvalue weighted by Crippen LogP contribution is -2.33. The van der Waals surface area contributed by atoms with Gasteiger partial charge >= 0.3 is 5.97 Å². The summed E-state index contributed by atoms with van der Waals surface area (Å²) in [7, 11) is 0. The Hall–Kier alpha value is -4.35. The van der Waals surface area contributed by atoms with E-state index in [-0.39, 0.29) is 35.6 Å². The van der Waals surface area contributed by atoms with Gasteiger partial charge in [-0.05, 0) is 57.7 Å². The highest BCUT2D eigenvalue weighted by atomic mass is 19.1. The normalized spacial score (nSPS) is 19.5. The number of rotatable bonds is 7. The van der Waals surface area contributed by atoms with Crippen LogP contribution in [-0.2, 0) is 28.0 Å². The molecule has 0 radical (unpaired) electrons. The van der Waals surface area contributed by atoms with Crippen LogP contribution in [0.5, 0.6) is 0 Å². The van der Waals surface area contributed by atoms with Crippen molar-refractivity contribution in [3.05, 3.63) is 47.4 Å². The van der Waals surface area contributed by atoms with Crippen LogP contribution in [0.25, 0.3) is 22.4 Å². The molecule has 4 N–H and O–H groups in total. The summed E-state index contributed by atoms with van der Waals surface area (Å²) in [5.74, 6) is -0.794. The maximum Gasteiger partial charge on any atom is 0.309 e. The molecule has 1 aromatic carbocycles. The fourth-order valence-corrected chi connectivity index (χ4v) is 5.93. The number of carbonyl (C=O) groups excluding carboxylic acids is 1. The van der Waals surface area contributed by atoms with Crippen LogP contribution in [0.1, 0.15) is 70.0 Å². The first-order valence-electron chi connectivity index (χ1n) is 13.8. The second-order valence-corrected chi connectivity index (χ2v) is 11.9. The number of amides is 1. The van der Waals surface area contributed by atoms with Gasteiger partial charge in [-0.25, -0.2) is 19.3 Å². The number of nitrogen functional groups attached to an aromatic ring is 1. The van der Waals surface area contributed by atoms with E-state index in [4.69, 9.17) is 15.2 Å². The number of aromatic nitrogens is 5. The topological polar surface area (TPSA) is 162 Å². The number of fused-ring (bicyclic) bond motifs is 2. The van der Waals surface area contributed by atoms with Gasteiger partial charge in [0.25, 0.3) is 0 Å². The molecule has 4 heterocycles. The molecule has 2 aliphatic rings. The Morgan fingerprint density at radius 1 is 1.24 bits per heavy atom. The Bertz CT molecular complexity index is 1690. The van der Waals surface area contributed by atoms with Crippen molar-refractivity contribution in [2.45, 2.75) is 71.3 Å². The minimum atomic E-state index is -1.44. The minimum absolute atomic E-state index is 0.0496. The van der Waals surface area contributed by atoms with E-state index in [9.17, 15) is 19.1 Å². The molecule has 41 heavy (non-hydrogen) atoms. The summed E-state index contributed by atoms with van der Waals surface area (Å²) in [5.41, 5.74) is 5.77. The Morgan fingerprint density at radius 2 is 2.00 bits per heavy atom. The predicted molar refractivity (Wildman–Crippen MR) is 148 cm³/mol. The maximum absolute atomic E-state index is 14.3. The number of nitrogens with two attached hydrogens (primary N) is 1. The average Bonchev–Trinajstić information content (AvgIpc) is 3.60. The summed E-state index contributed by atoms with van der Waals surface area (Å²) in [4.78, 5) is 38.6. The van der Waals surface area contributed by atoms with Crippen LogP contribution < -0.4 is 11.1 Å². The molecule has 1 unspecified atom stereocenters. The highest BCUT2D eigenvalue weighted by molar-refractivity contribution is 6.08. The van der Waals surface area contributed by atoms with Gasteiger partial charge in [-0.2, -0.15) is 5.10 Å². The molecule has 214 valence electrons. The number of halogens is 1. The van der Waals surface area contributed by atoms with E-state index in [0.29, 0.717) is 40.3 Å². The molecule has 1 atom stereocenters. The number of nitrogens with zero attached hydrogens (tertiary/aromatic N) is 5. The number of anilines is 2. The number of benzene rings is 1. The molecule has 1 fully saturated rings. The van der Waals surface area contributed by atoms with Crippen molar-refractivity contribution in [3.63, 3.8) is 0 Å². The third-order valence-electron chi connectivity index (χ3n) is 8.39. The summed E-state index contributed by atoms with van der Waals surface area (Å²) < 4.78 is 21.8. The monoisotopic (exact) mass is 561 g/mol. The number of hydrogen-bond donors (Lipinski definition) is 3. The highest BCUT2D eigenvalue weighted by Gasteiger charge is 2.51. The highest BCUT2D eigenvalue weighted by Crippen LogP contribution is 2.45. The van der Waals surface area contributed by atoms with Gasteiger partial charge in [0.1, 0.15) is 29.4 Å². The Labute approximate surface area is 235 Å². The summed E-state index contributed by atoms with van der Waals surface area (Å²) >= 11 is 0. The van der Waals surface area contributed by atoms with Gasteiger partial charge in [-0.1, -0.05) is 19.3 Å². The summed E-state index contributed by atoms with van der Waals surface area (Å²) in [6.07, 6.45) is 7.27. The van der Waals surface area contributed by atoms with Gasteiger partial charge in [-0.3, -0.25) is 14.3 Å². The quantitative estimate of drug-likeness (QED) is 0.290. The standard InChI is InChI=1S/C29H32FN7O4/c1-28(2,27(39)40)12-17-14-41-26(32-17)29(3)20-22(31)33-24(34-23(20)35-25(29)38)21-18-10-9-16(30)11-19(18)37(36-21)13-15-7-5-4-6-8-15/h9-11,14-15H,4-8,12-13H2,1-3H3,(H,39,40)(H3,31,33,34,35,38). The second-order valence-electron chi connectivity index (χ2n) is 11.9. The molecule has 0 bridgehead atoms. The van der Waals surface area contributed by atoms with Crippen molar-refractivity contribution in [2.24, 2.45) is 11.3 Å². The van der Waals surface area contributed by atoms with Crippen molar-refractivity contribution in [2.75, 3.05) is 11.1 Å². The fraction of sp³-hybridized carbons (Fsp3) is 0.448. The van der Waals surface area contributed by atoms with Crippen LogP contribution in [0.3, 0.4) is 0 Å². The fourth-order valence-electron chi connectivity index (χ4n) is 5.93. The second kappa shape index (κ2) is 9.64. The SMILES string of the molecule is CC(C)(Cc1coc(C2(C)C(=O)Nc3nc(-c4nn(CC5CCCCC5)c5cc(F)ccc45)nc(N)c32)n1)C(=O)O. The lowest BCUT2D eigenvalue weighted by molar-refractivity contribution is -0.146. The van der Waals surface area contributed by atoms with Crippen LogP contribution in [0.15, 0.2) is 28.9 Å². The number of nitrogens with one attached hydrogen (secondary N) is 1. The van der Waals surface area contributed by atoms with Crippen LogP contribution in [0, 0.1) is 17.2 Å². The first-order chi connectivity index (χ1) is 19.5. The van der Waals surface area contributed by atoms with Gasteiger partial charge in [0.05, 0.1) is 22.2 Å². The van der Waals surface area contributed by atoms with Gasteiger partial charge < -0.3 is 20.6 Å². The van der Waals surface area contributed by atoms with Gasteiger partial charge in [0, 0.05) is 18.4 Å². The van der Waals surface area contributed by atoms with Crippen molar-refractivity contribution < 1.29 is 23.5 Å². The number of hydrogen-bond acceptors (Lipinski definition) is 8. The zero-order valence-electron chi connectivity index (χ0n) is 23.2. The summed E-state index contributed by atoms with van der Waals surface area (Å²) in [6, 6.07) is 4.50. The predicted octanol–water partition coefficient (Wildman–Crippen LogP) is 4.69. The first kappa shape index (κ1) is 26.9. The molecule has 1 amide bonds. The molecule has 4 aromatic rings. The van der Waals surface area contributed by atoms with E-state index < -0.39 is 22.7 Å². The number of carboxylic acid groups (broad SMARTS) is 1. The van der Waals surface area contributed by atoms with Crippen molar-refractivity contribution in [3.8, 4) is 11.5 Å². The number of carboxylic acids is 1. The molecular formula is C29H32FN7O4. The van der Waals surface area contributed by atoms with E-state index in [0.717, 1.165) is 12.8 Å². The molecule has 11 nitrogen and oxygen atoms in total. The van der Waals surface area contributed by atoms with E-state index in [1.807, 2.05) is 4.68 Å². The average molecular weight is 562 g/mol. The van der Waals surface area contributed by atoms with Crippen LogP contribution in [0.2, 0.25) is 0 Å². The van der Waals surface area contributed by atoms with Crippen molar-refractivity contribution in [1.82, 2.24) is 24.7 Å². The van der Waals surface area contributed by atoms with Crippen LogP contribution >= 0.6 is 0 Å². The van der Waals surface area contributed by atoms with Crippen LogP contribution in [0.4, 0.5) is 16.0 Å². The molecule has 6 rings (SSSR count). The molecule has 3 aromatic heterocycles. The third kappa shape index (κ3) is 4.51. The maximum atomic E-state index is 14.3. The summed E-state index contributed by atoms with van der Waals surface area (Å²) in [6.45, 7) is 5.46. The Balaban J connectivity index is 1.39. The lowest BCUT2D eigenvalue weighted by atomic mass is 9.84. The minimum Gasteiger partial charge on any atom is -0.481 e. The van der Waals surface area contributed by atoms with Crippen molar-refractivity contribution >= 4 is 34.4 Å². The molecule has 1 saturated carbocycles. The van der Waals surface area contributed by atoms with Crippen LogP contribution in [-0.4, -0.2) is 41.7 Å². The first-order valence-corrected chi connectivity index (χ1v) is 13.8. The lowest BCUT2D eigenvalue weighted by Gasteiger charge is -2.21. The smallest absolute Gasteiger partial charge is 0.309 e. The Kier molecular flexibility index (Phi) is 6.31. The van der Waals surface area contributed by atoms with E-state index in [1.165, 1.54) is 37.7 Å². The van der Waals surface area contributed by atoms with E-state index in [2.05, 4.69) is 20.3 Å². The number of oxazole rings is 1. The van der Waals surface area contributed by atoms with E-state index >= 15 is 0 Å². The summed E-state index contributed by atoms with van der Waals surface area (Å²) in [5, 5.41) is 17.8.